The summed E-state index contributed by atoms with van der Waals surface area (Å²) in [6.45, 7) is 4.40. The van der Waals surface area contributed by atoms with E-state index in [0.717, 1.165) is 5.75 Å². The van der Waals surface area contributed by atoms with Gasteiger partial charge in [-0.2, -0.15) is 4.31 Å². The smallest absolute Gasteiger partial charge is 0.262 e. The van der Waals surface area contributed by atoms with E-state index in [0.29, 0.717) is 48.7 Å². The number of rotatable bonds is 6. The summed E-state index contributed by atoms with van der Waals surface area (Å²) >= 11 is 0. The lowest BCUT2D eigenvalue weighted by molar-refractivity contribution is -0.121. The second-order valence-corrected chi connectivity index (χ2v) is 10.0. The standard InChI is InChI=1S/C23H27N3O6S/c1-3-31-18-8-6-17(7-9-18)24-23(28)16-5-4-10-26(13-16)33(29,30)21-12-20-19(11-15(21)2)25-22(27)14-32-20/h6-9,11-12,16H,3-5,10,13-14H2,1-2H3,(H,24,28)(H,25,27)/t16-/m1/s1. The third-order valence-electron chi connectivity index (χ3n) is 5.72. The number of hydrogen-bond acceptors (Lipinski definition) is 6. The molecule has 0 spiro atoms. The van der Waals surface area contributed by atoms with Gasteiger partial charge < -0.3 is 20.1 Å². The Balaban J connectivity index is 1.48. The van der Waals surface area contributed by atoms with Gasteiger partial charge in [0.1, 0.15) is 11.5 Å². The molecule has 2 aromatic carbocycles. The lowest BCUT2D eigenvalue weighted by atomic mass is 9.99. The highest BCUT2D eigenvalue weighted by Crippen LogP contribution is 2.35. The molecule has 2 N–H and O–H groups in total. The van der Waals surface area contributed by atoms with E-state index in [1.165, 1.54) is 10.4 Å². The number of anilines is 2. The maximum absolute atomic E-state index is 13.4. The summed E-state index contributed by atoms with van der Waals surface area (Å²) in [4.78, 5) is 24.5. The summed E-state index contributed by atoms with van der Waals surface area (Å²) in [5, 5.41) is 5.55. The molecule has 0 bridgehead atoms. The van der Waals surface area contributed by atoms with Gasteiger partial charge in [-0.05, 0) is 62.6 Å². The van der Waals surface area contributed by atoms with Crippen molar-refractivity contribution in [1.82, 2.24) is 4.31 Å². The van der Waals surface area contributed by atoms with Gasteiger partial charge in [0.05, 0.1) is 23.1 Å². The normalized spacial score (nSPS) is 18.6. The predicted molar refractivity (Wildman–Crippen MR) is 123 cm³/mol. The number of benzene rings is 2. The van der Waals surface area contributed by atoms with E-state index in [2.05, 4.69) is 10.6 Å². The number of amides is 2. The van der Waals surface area contributed by atoms with Gasteiger partial charge in [-0.1, -0.05) is 0 Å². The second-order valence-electron chi connectivity index (χ2n) is 8.10. The van der Waals surface area contributed by atoms with E-state index in [4.69, 9.17) is 9.47 Å². The molecule has 2 amide bonds. The summed E-state index contributed by atoms with van der Waals surface area (Å²) in [7, 11) is -3.85. The summed E-state index contributed by atoms with van der Waals surface area (Å²) < 4.78 is 39.0. The van der Waals surface area contributed by atoms with Crippen LogP contribution < -0.4 is 20.1 Å². The minimum atomic E-state index is -3.85. The first-order chi connectivity index (χ1) is 15.8. The molecule has 0 saturated carbocycles. The topological polar surface area (TPSA) is 114 Å². The molecule has 4 rings (SSSR count). The predicted octanol–water partition coefficient (Wildman–Crippen LogP) is 2.76. The molecule has 10 heteroatoms. The highest BCUT2D eigenvalue weighted by molar-refractivity contribution is 7.89. The minimum absolute atomic E-state index is 0.0965. The zero-order chi connectivity index (χ0) is 23.6. The van der Waals surface area contributed by atoms with Crippen LogP contribution in [0.4, 0.5) is 11.4 Å². The van der Waals surface area contributed by atoms with Crippen LogP contribution in [0, 0.1) is 12.8 Å². The average Bonchev–Trinajstić information content (AvgIpc) is 2.80. The van der Waals surface area contributed by atoms with Gasteiger partial charge in [0.25, 0.3) is 5.91 Å². The van der Waals surface area contributed by atoms with Crippen molar-refractivity contribution in [3.05, 3.63) is 42.0 Å². The van der Waals surface area contributed by atoms with E-state index in [-0.39, 0.29) is 29.9 Å². The van der Waals surface area contributed by atoms with E-state index >= 15 is 0 Å². The Bertz CT molecular complexity index is 1160. The van der Waals surface area contributed by atoms with Crippen LogP contribution in [-0.2, 0) is 19.6 Å². The molecule has 1 fully saturated rings. The van der Waals surface area contributed by atoms with Crippen LogP contribution in [0.3, 0.4) is 0 Å². The van der Waals surface area contributed by atoms with Gasteiger partial charge in [-0.25, -0.2) is 8.42 Å². The quantitative estimate of drug-likeness (QED) is 0.667. The molecule has 2 aromatic rings. The van der Waals surface area contributed by atoms with Crippen molar-refractivity contribution in [3.63, 3.8) is 0 Å². The maximum Gasteiger partial charge on any atom is 0.262 e. The lowest BCUT2D eigenvalue weighted by Gasteiger charge is -2.32. The molecule has 2 aliphatic rings. The number of piperidine rings is 1. The molecule has 1 atom stereocenters. The minimum Gasteiger partial charge on any atom is -0.494 e. The number of fused-ring (bicyclic) bond motifs is 1. The maximum atomic E-state index is 13.4. The lowest BCUT2D eigenvalue weighted by Crippen LogP contribution is -2.43. The van der Waals surface area contributed by atoms with Gasteiger partial charge in [0.2, 0.25) is 15.9 Å². The third kappa shape index (κ3) is 4.96. The number of nitrogens with zero attached hydrogens (tertiary/aromatic N) is 1. The fourth-order valence-electron chi connectivity index (χ4n) is 4.05. The second kappa shape index (κ2) is 9.40. The van der Waals surface area contributed by atoms with E-state index in [1.807, 2.05) is 6.92 Å². The van der Waals surface area contributed by atoms with Crippen molar-refractivity contribution in [1.29, 1.82) is 0 Å². The van der Waals surface area contributed by atoms with Gasteiger partial charge in [-0.15, -0.1) is 0 Å². The largest absolute Gasteiger partial charge is 0.494 e. The Labute approximate surface area is 193 Å². The SMILES string of the molecule is CCOc1ccc(NC(=O)[C@@H]2CCCN(S(=O)(=O)c3cc4c(cc3C)NC(=O)CO4)C2)cc1. The fourth-order valence-corrected chi connectivity index (χ4v) is 5.80. The third-order valence-corrected chi connectivity index (χ3v) is 7.72. The fraction of sp³-hybridized carbons (Fsp3) is 0.391. The number of carbonyl (C=O) groups is 2. The summed E-state index contributed by atoms with van der Waals surface area (Å²) in [6.07, 6.45) is 1.18. The Kier molecular flexibility index (Phi) is 6.57. The van der Waals surface area contributed by atoms with Gasteiger partial charge in [0, 0.05) is 24.8 Å². The van der Waals surface area contributed by atoms with Crippen LogP contribution in [0.5, 0.6) is 11.5 Å². The Morgan fingerprint density at radius 2 is 2.03 bits per heavy atom. The Morgan fingerprint density at radius 3 is 2.76 bits per heavy atom. The van der Waals surface area contributed by atoms with Crippen LogP contribution >= 0.6 is 0 Å². The zero-order valence-corrected chi connectivity index (χ0v) is 19.4. The molecule has 2 aliphatic heterocycles. The summed E-state index contributed by atoms with van der Waals surface area (Å²) in [5.41, 5.74) is 1.59. The number of ether oxygens (including phenoxy) is 2. The molecule has 0 aromatic heterocycles. The molecule has 0 radical (unpaired) electrons. The molecule has 33 heavy (non-hydrogen) atoms. The van der Waals surface area contributed by atoms with Gasteiger partial charge >= 0.3 is 0 Å². The first-order valence-electron chi connectivity index (χ1n) is 10.9. The number of carbonyl (C=O) groups excluding carboxylic acids is 2. The zero-order valence-electron chi connectivity index (χ0n) is 18.6. The van der Waals surface area contributed by atoms with Crippen molar-refractivity contribution in [3.8, 4) is 11.5 Å². The van der Waals surface area contributed by atoms with Crippen LogP contribution in [-0.4, -0.2) is 50.8 Å². The van der Waals surface area contributed by atoms with Crippen molar-refractivity contribution in [2.45, 2.75) is 31.6 Å². The average molecular weight is 474 g/mol. The monoisotopic (exact) mass is 473 g/mol. The van der Waals surface area contributed by atoms with E-state index in [9.17, 15) is 18.0 Å². The highest BCUT2D eigenvalue weighted by atomic mass is 32.2. The molecule has 176 valence electrons. The van der Waals surface area contributed by atoms with Gasteiger partial charge in [-0.3, -0.25) is 9.59 Å². The number of hydrogen-bond donors (Lipinski definition) is 2. The first-order valence-corrected chi connectivity index (χ1v) is 12.3. The van der Waals surface area contributed by atoms with Crippen molar-refractivity contribution in [2.75, 3.05) is 36.9 Å². The molecular weight excluding hydrogens is 446 g/mol. The molecule has 2 heterocycles. The van der Waals surface area contributed by atoms with Crippen LogP contribution in [0.15, 0.2) is 41.3 Å². The summed E-state index contributed by atoms with van der Waals surface area (Å²) in [6, 6.07) is 10.1. The van der Waals surface area contributed by atoms with E-state index < -0.39 is 15.9 Å². The first kappa shape index (κ1) is 23.1. The Hall–Kier alpha value is -3.11. The molecular formula is C23H27N3O6S. The van der Waals surface area contributed by atoms with Crippen molar-refractivity contribution < 1.29 is 27.5 Å². The molecule has 1 saturated heterocycles. The van der Waals surface area contributed by atoms with Crippen LogP contribution in [0.1, 0.15) is 25.3 Å². The summed E-state index contributed by atoms with van der Waals surface area (Å²) in [5.74, 6) is 0.0748. The van der Waals surface area contributed by atoms with Gasteiger partial charge in [0.15, 0.2) is 6.61 Å². The van der Waals surface area contributed by atoms with E-state index in [1.54, 1.807) is 37.3 Å². The van der Waals surface area contributed by atoms with Crippen LogP contribution in [0.25, 0.3) is 0 Å². The Morgan fingerprint density at radius 1 is 1.27 bits per heavy atom. The number of sulfonamides is 1. The highest BCUT2D eigenvalue weighted by Gasteiger charge is 2.35. The van der Waals surface area contributed by atoms with Crippen molar-refractivity contribution in [2.24, 2.45) is 5.92 Å². The molecule has 0 unspecified atom stereocenters. The van der Waals surface area contributed by atoms with Crippen LogP contribution in [0.2, 0.25) is 0 Å². The van der Waals surface area contributed by atoms with Crippen molar-refractivity contribution >= 4 is 33.2 Å². The number of aryl methyl sites for hydroxylation is 1. The molecule has 0 aliphatic carbocycles. The number of nitrogens with one attached hydrogen (secondary N) is 2. The molecule has 9 nitrogen and oxygen atoms in total.